The summed E-state index contributed by atoms with van der Waals surface area (Å²) < 4.78 is 25.9. The number of fused-ring (bicyclic) bond motifs is 1. The third-order valence-corrected chi connectivity index (χ3v) is 5.58. The molecule has 136 valence electrons. The summed E-state index contributed by atoms with van der Waals surface area (Å²) in [5.74, 6) is 0. The largest absolute Gasteiger partial charge is 0.330 e. The third-order valence-electron chi connectivity index (χ3n) is 4.61. The highest BCUT2D eigenvalue weighted by Gasteiger charge is 2.15. The first-order valence-electron chi connectivity index (χ1n) is 8.63. The number of hydrogen-bond acceptors (Lipinski definition) is 3. The van der Waals surface area contributed by atoms with E-state index in [0.717, 1.165) is 29.6 Å². The molecule has 0 bridgehead atoms. The van der Waals surface area contributed by atoms with Crippen LogP contribution in [-0.2, 0) is 23.0 Å². The summed E-state index contributed by atoms with van der Waals surface area (Å²) in [6, 6.07) is 22.8. The van der Waals surface area contributed by atoms with E-state index in [0.29, 0.717) is 5.56 Å². The maximum absolute atomic E-state index is 11.9. The summed E-state index contributed by atoms with van der Waals surface area (Å²) in [5, 5.41) is 5.36. The van der Waals surface area contributed by atoms with E-state index in [1.807, 2.05) is 42.7 Å². The molecule has 0 unspecified atom stereocenters. The second kappa shape index (κ2) is 6.98. The number of sulfonamides is 1. The van der Waals surface area contributed by atoms with Crippen molar-refractivity contribution in [2.45, 2.75) is 17.9 Å². The molecule has 0 fully saturated rings. The Hall–Kier alpha value is -2.96. The molecule has 1 aromatic heterocycles. The van der Waals surface area contributed by atoms with E-state index in [2.05, 4.69) is 21.7 Å². The molecule has 0 saturated heterocycles. The molecular weight excluding hydrogens is 358 g/mol. The van der Waals surface area contributed by atoms with E-state index < -0.39 is 10.0 Å². The standard InChI is InChI=1S/C21H19N3O2S/c22-27(25,26)21-9-5-4-8-18(21)17-10-11-20-19(14-17)23-15-24(20)13-12-16-6-2-1-3-7-16/h1-11,14-15H,12-13H2,(H2,22,25,26). The van der Waals surface area contributed by atoms with Gasteiger partial charge in [-0.15, -0.1) is 0 Å². The van der Waals surface area contributed by atoms with Gasteiger partial charge in [-0.3, -0.25) is 0 Å². The average molecular weight is 377 g/mol. The Bertz CT molecular complexity index is 1200. The van der Waals surface area contributed by atoms with Crippen LogP contribution in [0.5, 0.6) is 0 Å². The van der Waals surface area contributed by atoms with Gasteiger partial charge in [0.15, 0.2) is 0 Å². The summed E-state index contributed by atoms with van der Waals surface area (Å²) in [4.78, 5) is 4.61. The molecule has 4 rings (SSSR count). The molecule has 0 aliphatic heterocycles. The lowest BCUT2D eigenvalue weighted by Crippen LogP contribution is -2.13. The second-order valence-electron chi connectivity index (χ2n) is 6.42. The molecule has 0 aliphatic rings. The number of benzene rings is 3. The van der Waals surface area contributed by atoms with E-state index in [9.17, 15) is 8.42 Å². The molecule has 6 heteroatoms. The van der Waals surface area contributed by atoms with Gasteiger partial charge in [-0.2, -0.15) is 0 Å². The normalized spacial score (nSPS) is 11.7. The van der Waals surface area contributed by atoms with Crippen LogP contribution in [0.25, 0.3) is 22.2 Å². The van der Waals surface area contributed by atoms with Gasteiger partial charge in [0.1, 0.15) is 0 Å². The van der Waals surface area contributed by atoms with Crippen LogP contribution in [0, 0.1) is 0 Å². The first kappa shape index (κ1) is 17.5. The smallest absolute Gasteiger partial charge is 0.238 e. The highest BCUT2D eigenvalue weighted by molar-refractivity contribution is 7.89. The van der Waals surface area contributed by atoms with Crippen LogP contribution in [0.1, 0.15) is 5.56 Å². The molecule has 2 N–H and O–H groups in total. The molecule has 0 amide bonds. The van der Waals surface area contributed by atoms with Crippen molar-refractivity contribution in [1.82, 2.24) is 9.55 Å². The van der Waals surface area contributed by atoms with Gasteiger partial charge in [0.05, 0.1) is 22.3 Å². The Morgan fingerprint density at radius 3 is 2.44 bits per heavy atom. The lowest BCUT2D eigenvalue weighted by molar-refractivity contribution is 0.598. The van der Waals surface area contributed by atoms with E-state index in [-0.39, 0.29) is 4.90 Å². The Kier molecular flexibility index (Phi) is 4.51. The van der Waals surface area contributed by atoms with Crippen molar-refractivity contribution in [2.75, 3.05) is 0 Å². The Morgan fingerprint density at radius 1 is 0.926 bits per heavy atom. The van der Waals surface area contributed by atoms with Crippen LogP contribution in [0.15, 0.2) is 84.0 Å². The van der Waals surface area contributed by atoms with Crippen molar-refractivity contribution in [3.05, 3.63) is 84.7 Å². The van der Waals surface area contributed by atoms with Gasteiger partial charge in [-0.1, -0.05) is 54.6 Å². The number of imidazole rings is 1. The van der Waals surface area contributed by atoms with Crippen molar-refractivity contribution in [2.24, 2.45) is 5.14 Å². The fourth-order valence-corrected chi connectivity index (χ4v) is 4.02. The van der Waals surface area contributed by atoms with E-state index in [1.165, 1.54) is 11.6 Å². The lowest BCUT2D eigenvalue weighted by Gasteiger charge is -2.09. The topological polar surface area (TPSA) is 78.0 Å². The number of nitrogens with zero attached hydrogens (tertiary/aromatic N) is 2. The second-order valence-corrected chi connectivity index (χ2v) is 7.95. The van der Waals surface area contributed by atoms with Crippen molar-refractivity contribution in [3.8, 4) is 11.1 Å². The van der Waals surface area contributed by atoms with E-state index >= 15 is 0 Å². The van der Waals surface area contributed by atoms with E-state index in [1.54, 1.807) is 18.2 Å². The molecule has 5 nitrogen and oxygen atoms in total. The van der Waals surface area contributed by atoms with Crippen LogP contribution in [0.2, 0.25) is 0 Å². The van der Waals surface area contributed by atoms with Gasteiger partial charge in [-0.25, -0.2) is 18.5 Å². The lowest BCUT2D eigenvalue weighted by atomic mass is 10.1. The van der Waals surface area contributed by atoms with E-state index in [4.69, 9.17) is 5.14 Å². The summed E-state index contributed by atoms with van der Waals surface area (Å²) in [7, 11) is -3.79. The fraction of sp³-hybridized carbons (Fsp3) is 0.0952. The average Bonchev–Trinajstić information content (AvgIpc) is 3.09. The summed E-state index contributed by atoms with van der Waals surface area (Å²) >= 11 is 0. The summed E-state index contributed by atoms with van der Waals surface area (Å²) in [5.41, 5.74) is 4.48. The van der Waals surface area contributed by atoms with Crippen molar-refractivity contribution in [1.29, 1.82) is 0 Å². The highest BCUT2D eigenvalue weighted by atomic mass is 32.2. The zero-order valence-corrected chi connectivity index (χ0v) is 15.4. The van der Waals surface area contributed by atoms with Crippen molar-refractivity contribution < 1.29 is 8.42 Å². The van der Waals surface area contributed by atoms with Gasteiger partial charge in [0.2, 0.25) is 10.0 Å². The third kappa shape index (κ3) is 3.63. The molecule has 3 aromatic carbocycles. The molecule has 4 aromatic rings. The zero-order valence-electron chi connectivity index (χ0n) is 14.6. The minimum atomic E-state index is -3.79. The fourth-order valence-electron chi connectivity index (χ4n) is 3.26. The summed E-state index contributed by atoms with van der Waals surface area (Å²) in [6.07, 6.45) is 2.74. The molecule has 0 radical (unpaired) electrons. The van der Waals surface area contributed by atoms with Crippen LogP contribution in [0.4, 0.5) is 0 Å². The number of primary sulfonamides is 1. The Balaban J connectivity index is 1.67. The zero-order chi connectivity index (χ0) is 18.9. The monoisotopic (exact) mass is 377 g/mol. The Labute approximate surface area is 158 Å². The van der Waals surface area contributed by atoms with Crippen molar-refractivity contribution >= 4 is 21.1 Å². The molecule has 0 atom stereocenters. The predicted molar refractivity (Wildman–Crippen MR) is 107 cm³/mol. The number of aromatic nitrogens is 2. The molecule has 1 heterocycles. The number of nitrogens with two attached hydrogens (primary N) is 1. The Morgan fingerprint density at radius 2 is 1.67 bits per heavy atom. The first-order chi connectivity index (χ1) is 13.0. The SMILES string of the molecule is NS(=O)(=O)c1ccccc1-c1ccc2c(c1)ncn2CCc1ccccc1. The summed E-state index contributed by atoms with van der Waals surface area (Å²) in [6.45, 7) is 0.827. The highest BCUT2D eigenvalue weighted by Crippen LogP contribution is 2.29. The van der Waals surface area contributed by atoms with Gasteiger partial charge in [-0.05, 0) is 35.7 Å². The van der Waals surface area contributed by atoms with Crippen LogP contribution < -0.4 is 5.14 Å². The first-order valence-corrected chi connectivity index (χ1v) is 10.2. The van der Waals surface area contributed by atoms with Crippen molar-refractivity contribution in [3.63, 3.8) is 0 Å². The number of rotatable bonds is 5. The minimum absolute atomic E-state index is 0.118. The van der Waals surface area contributed by atoms with Gasteiger partial charge in [0, 0.05) is 12.1 Å². The number of aryl methyl sites for hydroxylation is 2. The molecule has 0 spiro atoms. The maximum atomic E-state index is 11.9. The molecule has 27 heavy (non-hydrogen) atoms. The number of hydrogen-bond donors (Lipinski definition) is 1. The quantitative estimate of drug-likeness (QED) is 0.577. The van der Waals surface area contributed by atoms with Gasteiger partial charge < -0.3 is 4.57 Å². The van der Waals surface area contributed by atoms with Gasteiger partial charge >= 0.3 is 0 Å². The maximum Gasteiger partial charge on any atom is 0.238 e. The molecule has 0 aliphatic carbocycles. The molecule has 0 saturated carbocycles. The van der Waals surface area contributed by atoms with Crippen LogP contribution >= 0.6 is 0 Å². The van der Waals surface area contributed by atoms with Gasteiger partial charge in [0.25, 0.3) is 0 Å². The van der Waals surface area contributed by atoms with Crippen LogP contribution in [0.3, 0.4) is 0 Å². The molecular formula is C21H19N3O2S. The minimum Gasteiger partial charge on any atom is -0.330 e. The predicted octanol–water partition coefficient (Wildman–Crippen LogP) is 3.59. The van der Waals surface area contributed by atoms with Crippen LogP contribution in [-0.4, -0.2) is 18.0 Å².